The Morgan fingerprint density at radius 1 is 1.04 bits per heavy atom. The number of hydrogen-bond donors (Lipinski definition) is 1. The van der Waals surface area contributed by atoms with Gasteiger partial charge in [0.15, 0.2) is 0 Å². The third-order valence-electron chi connectivity index (χ3n) is 4.09. The summed E-state index contributed by atoms with van der Waals surface area (Å²) in [5.74, 6) is -0.749. The summed E-state index contributed by atoms with van der Waals surface area (Å²) in [5, 5.41) is 4.13. The van der Waals surface area contributed by atoms with Crippen LogP contribution in [0.2, 0.25) is 0 Å². The maximum absolute atomic E-state index is 12.9. The summed E-state index contributed by atoms with van der Waals surface area (Å²) in [7, 11) is 0. The first-order valence-electron chi connectivity index (χ1n) is 8.17. The minimum atomic E-state index is -0.378. The molecule has 130 valence electrons. The van der Waals surface area contributed by atoms with Crippen molar-refractivity contribution in [2.45, 2.75) is 6.92 Å². The number of hydrazone groups is 1. The van der Waals surface area contributed by atoms with Crippen LogP contribution in [0.4, 0.5) is 10.1 Å². The quantitative estimate of drug-likeness (QED) is 0.687. The van der Waals surface area contributed by atoms with Crippen molar-refractivity contribution in [2.75, 3.05) is 31.2 Å². The van der Waals surface area contributed by atoms with Crippen molar-refractivity contribution in [3.8, 4) is 0 Å². The van der Waals surface area contributed by atoms with Gasteiger partial charge in [-0.1, -0.05) is 12.1 Å². The van der Waals surface area contributed by atoms with E-state index in [4.69, 9.17) is 4.74 Å². The summed E-state index contributed by atoms with van der Waals surface area (Å²) in [4.78, 5) is 14.3. The Kier molecular flexibility index (Phi) is 5.40. The number of amides is 1. The van der Waals surface area contributed by atoms with Crippen molar-refractivity contribution in [1.29, 1.82) is 0 Å². The lowest BCUT2D eigenvalue weighted by atomic mass is 10.1. The molecule has 2 aromatic carbocycles. The first-order valence-corrected chi connectivity index (χ1v) is 8.17. The number of nitrogens with zero attached hydrogens (tertiary/aromatic N) is 2. The van der Waals surface area contributed by atoms with Crippen LogP contribution in [0.15, 0.2) is 53.6 Å². The summed E-state index contributed by atoms with van der Waals surface area (Å²) in [6, 6.07) is 13.4. The van der Waals surface area contributed by atoms with Crippen molar-refractivity contribution in [1.82, 2.24) is 5.43 Å². The van der Waals surface area contributed by atoms with Gasteiger partial charge in [-0.15, -0.1) is 0 Å². The van der Waals surface area contributed by atoms with E-state index >= 15 is 0 Å². The van der Waals surface area contributed by atoms with Gasteiger partial charge in [0.2, 0.25) is 0 Å². The first kappa shape index (κ1) is 17.1. The number of nitrogens with one attached hydrogen (secondary N) is 1. The van der Waals surface area contributed by atoms with Gasteiger partial charge in [-0.05, 0) is 48.9 Å². The molecule has 25 heavy (non-hydrogen) atoms. The minimum absolute atomic E-state index is 0.362. The fourth-order valence-corrected chi connectivity index (χ4v) is 2.60. The molecule has 0 bridgehead atoms. The van der Waals surface area contributed by atoms with Crippen molar-refractivity contribution < 1.29 is 13.9 Å². The van der Waals surface area contributed by atoms with Crippen molar-refractivity contribution in [3.05, 3.63) is 65.5 Å². The second-order valence-electron chi connectivity index (χ2n) is 5.79. The van der Waals surface area contributed by atoms with Crippen LogP contribution >= 0.6 is 0 Å². The molecule has 0 radical (unpaired) electrons. The molecule has 6 heteroatoms. The number of morpholine rings is 1. The fraction of sp³-hybridized carbons (Fsp3) is 0.263. The molecule has 1 amide bonds. The molecular formula is C19H20FN3O2. The van der Waals surface area contributed by atoms with Crippen LogP contribution in [0.1, 0.15) is 22.8 Å². The van der Waals surface area contributed by atoms with Crippen LogP contribution in [0.3, 0.4) is 0 Å². The Labute approximate surface area is 146 Å². The number of carbonyl (C=O) groups excluding carboxylic acids is 1. The van der Waals surface area contributed by atoms with Gasteiger partial charge >= 0.3 is 0 Å². The third kappa shape index (κ3) is 4.42. The van der Waals surface area contributed by atoms with Gasteiger partial charge < -0.3 is 9.64 Å². The number of rotatable bonds is 4. The van der Waals surface area contributed by atoms with Crippen LogP contribution in [0.5, 0.6) is 0 Å². The molecular weight excluding hydrogens is 321 g/mol. The van der Waals surface area contributed by atoms with Crippen LogP contribution in [0, 0.1) is 5.82 Å². The van der Waals surface area contributed by atoms with Crippen LogP contribution < -0.4 is 10.3 Å². The predicted molar refractivity (Wildman–Crippen MR) is 95.6 cm³/mol. The Balaban J connectivity index is 1.63. The number of hydrogen-bond acceptors (Lipinski definition) is 4. The molecule has 0 unspecified atom stereocenters. The van der Waals surface area contributed by atoms with E-state index in [1.807, 2.05) is 31.2 Å². The van der Waals surface area contributed by atoms with Crippen LogP contribution in [-0.4, -0.2) is 37.9 Å². The molecule has 1 N–H and O–H groups in total. The largest absolute Gasteiger partial charge is 0.378 e. The maximum Gasteiger partial charge on any atom is 0.271 e. The summed E-state index contributed by atoms with van der Waals surface area (Å²) >= 11 is 0. The second kappa shape index (κ2) is 7.90. The highest BCUT2D eigenvalue weighted by atomic mass is 19.1. The Hall–Kier alpha value is -2.73. The fourth-order valence-electron chi connectivity index (χ4n) is 2.60. The van der Waals surface area contributed by atoms with Crippen molar-refractivity contribution >= 4 is 17.3 Å². The van der Waals surface area contributed by atoms with Gasteiger partial charge in [0.05, 0.1) is 18.9 Å². The Bertz CT molecular complexity index is 751. The predicted octanol–water partition coefficient (Wildman–Crippen LogP) is 2.82. The zero-order valence-electron chi connectivity index (χ0n) is 14.0. The van der Waals surface area contributed by atoms with E-state index in [1.165, 1.54) is 24.3 Å². The highest BCUT2D eigenvalue weighted by molar-refractivity contribution is 6.01. The highest BCUT2D eigenvalue weighted by Gasteiger charge is 2.11. The normalized spacial score (nSPS) is 15.1. The van der Waals surface area contributed by atoms with Crippen LogP contribution in [0.25, 0.3) is 0 Å². The Morgan fingerprint density at radius 2 is 1.64 bits per heavy atom. The van der Waals surface area contributed by atoms with Crippen molar-refractivity contribution in [3.63, 3.8) is 0 Å². The van der Waals surface area contributed by atoms with Gasteiger partial charge in [-0.3, -0.25) is 4.79 Å². The molecule has 2 aromatic rings. The zero-order valence-corrected chi connectivity index (χ0v) is 14.0. The average Bonchev–Trinajstić information content (AvgIpc) is 2.67. The summed E-state index contributed by atoms with van der Waals surface area (Å²) in [5.41, 5.74) is 5.63. The second-order valence-corrected chi connectivity index (χ2v) is 5.79. The van der Waals surface area contributed by atoms with Gasteiger partial charge in [0.1, 0.15) is 5.82 Å². The molecule has 0 atom stereocenters. The summed E-state index contributed by atoms with van der Waals surface area (Å²) < 4.78 is 18.2. The van der Waals surface area contributed by atoms with Gasteiger partial charge in [-0.25, -0.2) is 9.82 Å². The van der Waals surface area contributed by atoms with E-state index in [-0.39, 0.29) is 11.7 Å². The van der Waals surface area contributed by atoms with Gasteiger partial charge in [0, 0.05) is 24.3 Å². The molecule has 1 fully saturated rings. The van der Waals surface area contributed by atoms with E-state index in [2.05, 4.69) is 15.4 Å². The van der Waals surface area contributed by atoms with E-state index in [0.717, 1.165) is 37.6 Å². The molecule has 0 aromatic heterocycles. The molecule has 3 rings (SSSR count). The summed E-state index contributed by atoms with van der Waals surface area (Å²) in [6.45, 7) is 5.10. The van der Waals surface area contributed by atoms with Gasteiger partial charge in [-0.2, -0.15) is 5.10 Å². The number of benzene rings is 2. The van der Waals surface area contributed by atoms with Crippen LogP contribution in [-0.2, 0) is 4.74 Å². The molecule has 1 aliphatic heterocycles. The molecule has 0 aliphatic carbocycles. The van der Waals surface area contributed by atoms with E-state index < -0.39 is 0 Å². The Morgan fingerprint density at radius 3 is 2.28 bits per heavy atom. The third-order valence-corrected chi connectivity index (χ3v) is 4.09. The molecule has 5 nitrogen and oxygen atoms in total. The molecule has 0 spiro atoms. The maximum atomic E-state index is 12.9. The molecule has 1 heterocycles. The van der Waals surface area contributed by atoms with E-state index in [9.17, 15) is 9.18 Å². The lowest BCUT2D eigenvalue weighted by Crippen LogP contribution is -2.36. The molecule has 1 saturated heterocycles. The SMILES string of the molecule is C/C(=N\NC(=O)c1ccc(F)cc1)c1ccc(N2CCOCC2)cc1. The average molecular weight is 341 g/mol. The zero-order chi connectivity index (χ0) is 17.6. The number of anilines is 1. The minimum Gasteiger partial charge on any atom is -0.378 e. The monoisotopic (exact) mass is 341 g/mol. The lowest BCUT2D eigenvalue weighted by Gasteiger charge is -2.28. The standard InChI is InChI=1S/C19H20FN3O2/c1-14(21-22-19(24)16-2-6-17(20)7-3-16)15-4-8-18(9-5-15)23-10-12-25-13-11-23/h2-9H,10-13H2,1H3,(H,22,24)/b21-14+. The topological polar surface area (TPSA) is 53.9 Å². The van der Waals surface area contributed by atoms with E-state index in [0.29, 0.717) is 11.3 Å². The number of halogens is 1. The molecule has 1 aliphatic rings. The smallest absolute Gasteiger partial charge is 0.271 e. The highest BCUT2D eigenvalue weighted by Crippen LogP contribution is 2.17. The molecule has 0 saturated carbocycles. The van der Waals surface area contributed by atoms with Crippen molar-refractivity contribution in [2.24, 2.45) is 5.10 Å². The van der Waals surface area contributed by atoms with Gasteiger partial charge in [0.25, 0.3) is 5.91 Å². The lowest BCUT2D eigenvalue weighted by molar-refractivity contribution is 0.0955. The first-order chi connectivity index (χ1) is 12.1. The van der Waals surface area contributed by atoms with E-state index in [1.54, 1.807) is 0 Å². The number of carbonyl (C=O) groups is 1. The number of ether oxygens (including phenoxy) is 1. The summed E-state index contributed by atoms with van der Waals surface area (Å²) in [6.07, 6.45) is 0.